The van der Waals surface area contributed by atoms with Crippen molar-refractivity contribution in [2.24, 2.45) is 0 Å². The quantitative estimate of drug-likeness (QED) is 0.107. The summed E-state index contributed by atoms with van der Waals surface area (Å²) < 4.78 is 5.14. The molecule has 1 saturated heterocycles. The highest BCUT2D eigenvalue weighted by Gasteiger charge is 2.07. The van der Waals surface area contributed by atoms with E-state index in [1.807, 2.05) is 80.8 Å². The van der Waals surface area contributed by atoms with Crippen LogP contribution in [0.25, 0.3) is 5.70 Å². The van der Waals surface area contributed by atoms with Gasteiger partial charge in [-0.15, -0.1) is 0 Å². The van der Waals surface area contributed by atoms with Crippen molar-refractivity contribution in [3.8, 4) is 0 Å². The number of benzene rings is 2. The number of anilines is 2. The van der Waals surface area contributed by atoms with E-state index in [9.17, 15) is 0 Å². The molecule has 4 rings (SSSR count). The number of ether oxygens (including phenoxy) is 1. The lowest BCUT2D eigenvalue weighted by molar-refractivity contribution is 0.229. The Kier molecular flexibility index (Phi) is 22.5. The van der Waals surface area contributed by atoms with Gasteiger partial charge in [-0.3, -0.25) is 4.98 Å². The van der Waals surface area contributed by atoms with Gasteiger partial charge in [0, 0.05) is 24.6 Å². The number of nitrogens with zero attached hydrogens (tertiary/aromatic N) is 3. The van der Waals surface area contributed by atoms with Gasteiger partial charge in [0.05, 0.1) is 17.6 Å². The molecule has 0 amide bonds. The van der Waals surface area contributed by atoms with Gasteiger partial charge in [0.25, 0.3) is 0 Å². The van der Waals surface area contributed by atoms with Crippen LogP contribution >= 0.6 is 0 Å². The van der Waals surface area contributed by atoms with Gasteiger partial charge in [0.1, 0.15) is 6.61 Å². The number of pyridine rings is 1. The van der Waals surface area contributed by atoms with Crippen LogP contribution in [0.2, 0.25) is 0 Å². The van der Waals surface area contributed by atoms with E-state index in [-0.39, 0.29) is 0 Å². The fourth-order valence-electron chi connectivity index (χ4n) is 4.82. The molecule has 0 bridgehead atoms. The van der Waals surface area contributed by atoms with Gasteiger partial charge >= 0.3 is 0 Å². The van der Waals surface area contributed by atoms with Crippen LogP contribution in [0.4, 0.5) is 11.4 Å². The third-order valence-electron chi connectivity index (χ3n) is 7.22. The molecule has 45 heavy (non-hydrogen) atoms. The van der Waals surface area contributed by atoms with Gasteiger partial charge in [-0.05, 0) is 93.8 Å². The summed E-state index contributed by atoms with van der Waals surface area (Å²) in [5, 5.41) is 3.22. The number of para-hydroxylation sites is 2. The predicted molar refractivity (Wildman–Crippen MR) is 197 cm³/mol. The molecule has 6 nitrogen and oxygen atoms in total. The summed E-state index contributed by atoms with van der Waals surface area (Å²) in [4.78, 5) is 9.03. The monoisotopic (exact) mass is 615 g/mol. The first kappa shape index (κ1) is 39.4. The van der Waals surface area contributed by atoms with Crippen molar-refractivity contribution in [1.82, 2.24) is 14.8 Å². The maximum atomic E-state index is 5.90. The first-order valence-corrected chi connectivity index (χ1v) is 16.9. The van der Waals surface area contributed by atoms with Crippen molar-refractivity contribution in [3.63, 3.8) is 0 Å². The molecule has 0 radical (unpaired) electrons. The van der Waals surface area contributed by atoms with Crippen molar-refractivity contribution in [2.75, 3.05) is 44.3 Å². The normalized spacial score (nSPS) is 12.3. The lowest BCUT2D eigenvalue weighted by Gasteiger charge is -2.25. The maximum absolute atomic E-state index is 5.90. The van der Waals surface area contributed by atoms with E-state index in [0.717, 1.165) is 29.1 Å². The third kappa shape index (κ3) is 18.1. The number of hydrogen-bond acceptors (Lipinski definition) is 6. The molecule has 1 aromatic heterocycles. The molecule has 1 aliphatic heterocycles. The van der Waals surface area contributed by atoms with Gasteiger partial charge in [0.15, 0.2) is 0 Å². The Hall–Kier alpha value is -3.61. The molecule has 0 spiro atoms. The summed E-state index contributed by atoms with van der Waals surface area (Å²) in [5.41, 5.74) is 11.6. The first-order chi connectivity index (χ1) is 22.0. The number of nitrogens with two attached hydrogens (primary N) is 1. The van der Waals surface area contributed by atoms with E-state index >= 15 is 0 Å². The number of unbranched alkanes of at least 4 members (excludes halogenated alkanes) is 2. The zero-order valence-corrected chi connectivity index (χ0v) is 28.9. The second-order valence-corrected chi connectivity index (χ2v) is 11.1. The molecule has 6 heteroatoms. The Labute approximate surface area is 275 Å². The fourth-order valence-corrected chi connectivity index (χ4v) is 4.82. The largest absolute Gasteiger partial charge is 0.497 e. The van der Waals surface area contributed by atoms with Crippen molar-refractivity contribution in [1.29, 1.82) is 0 Å². The molecule has 0 saturated carbocycles. The van der Waals surface area contributed by atoms with Gasteiger partial charge in [0.2, 0.25) is 0 Å². The van der Waals surface area contributed by atoms with Gasteiger partial charge in [-0.2, -0.15) is 0 Å². The van der Waals surface area contributed by atoms with Crippen molar-refractivity contribution < 1.29 is 4.74 Å². The molecule has 3 aromatic rings. The molecule has 0 atom stereocenters. The summed E-state index contributed by atoms with van der Waals surface area (Å²) in [6.45, 7) is 22.8. The molecule has 1 aliphatic rings. The zero-order valence-electron chi connectivity index (χ0n) is 28.9. The van der Waals surface area contributed by atoms with Crippen LogP contribution in [-0.4, -0.2) is 48.0 Å². The van der Waals surface area contributed by atoms with E-state index < -0.39 is 0 Å². The van der Waals surface area contributed by atoms with Crippen LogP contribution < -0.4 is 11.1 Å². The maximum Gasteiger partial charge on any atom is 0.112 e. The fraction of sp³-hybridized carbons (Fsp3) is 0.462. The van der Waals surface area contributed by atoms with E-state index in [4.69, 9.17) is 10.5 Å². The van der Waals surface area contributed by atoms with Gasteiger partial charge < -0.3 is 25.6 Å². The molecule has 248 valence electrons. The number of nitrogen functional groups attached to an aromatic ring is 1. The zero-order chi connectivity index (χ0) is 33.1. The second kappa shape index (κ2) is 25.7. The van der Waals surface area contributed by atoms with E-state index in [0.29, 0.717) is 12.3 Å². The Morgan fingerprint density at radius 1 is 0.956 bits per heavy atom. The number of piperidine rings is 1. The van der Waals surface area contributed by atoms with Crippen LogP contribution in [0.15, 0.2) is 92.5 Å². The molecule has 2 aromatic carbocycles. The lowest BCUT2D eigenvalue weighted by atomic mass is 10.1. The first-order valence-electron chi connectivity index (χ1n) is 16.9. The van der Waals surface area contributed by atoms with E-state index in [1.165, 1.54) is 83.0 Å². The van der Waals surface area contributed by atoms with Gasteiger partial charge in [-0.25, -0.2) is 0 Å². The van der Waals surface area contributed by atoms with Crippen molar-refractivity contribution in [3.05, 3.63) is 109 Å². The summed E-state index contributed by atoms with van der Waals surface area (Å²) >= 11 is 0. The average Bonchev–Trinajstić information content (AvgIpc) is 3.08. The Bertz CT molecular complexity index is 1140. The molecule has 0 unspecified atom stereocenters. The Morgan fingerprint density at radius 3 is 2.27 bits per heavy atom. The average molecular weight is 616 g/mol. The summed E-state index contributed by atoms with van der Waals surface area (Å²) in [5.74, 6) is 0. The topological polar surface area (TPSA) is 66.7 Å². The van der Waals surface area contributed by atoms with Crippen LogP contribution in [0.1, 0.15) is 89.3 Å². The Balaban J connectivity index is 0.000000352. The SMILES string of the molecule is C=COCc1ccc(C(=C)Nc2ccccc2N)cc1.CC.CCCCCN(C)Cc1cccnc1.CCCN1CCCCC1. The second-order valence-electron chi connectivity index (χ2n) is 11.1. The minimum absolute atomic E-state index is 0.523. The lowest BCUT2D eigenvalue weighted by Crippen LogP contribution is -2.30. The number of aromatic nitrogens is 1. The van der Waals surface area contributed by atoms with Crippen molar-refractivity contribution >= 4 is 17.1 Å². The highest BCUT2D eigenvalue weighted by Crippen LogP contribution is 2.22. The predicted octanol–water partition coefficient (Wildman–Crippen LogP) is 9.62. The standard InChI is InChI=1S/C17H18N2O.C12H20N2.C8H17N.C2H6/c1-3-20-12-14-8-10-15(11-9-14)13(2)19-17-7-5-4-6-16(17)18;1-3-4-5-9-14(2)11-12-7-6-8-13-10-12;1-2-6-9-7-4-3-5-8-9;1-2/h3-11,19H,1-2,12,18H2;6-8,10H,3-5,9,11H2,1-2H3;2-8H2,1H3;1-2H3. The number of likely N-dealkylation sites (tertiary alicyclic amines) is 1. The van der Waals surface area contributed by atoms with Crippen molar-refractivity contribution in [2.45, 2.75) is 85.8 Å². The molecule has 0 aliphatic carbocycles. The van der Waals surface area contributed by atoms with Crippen LogP contribution in [-0.2, 0) is 17.9 Å². The summed E-state index contributed by atoms with van der Waals surface area (Å²) in [7, 11) is 2.17. The summed E-state index contributed by atoms with van der Waals surface area (Å²) in [6, 6.07) is 19.7. The minimum Gasteiger partial charge on any atom is -0.497 e. The number of nitrogens with one attached hydrogen (secondary N) is 1. The molecular formula is C39H61N5O. The molecule has 1 fully saturated rings. The highest BCUT2D eigenvalue weighted by molar-refractivity contribution is 5.80. The highest BCUT2D eigenvalue weighted by atomic mass is 16.5. The van der Waals surface area contributed by atoms with E-state index in [1.54, 1.807) is 0 Å². The number of rotatable bonds is 14. The Morgan fingerprint density at radius 2 is 1.67 bits per heavy atom. The molecule has 3 N–H and O–H groups in total. The molecular weight excluding hydrogens is 554 g/mol. The summed E-state index contributed by atoms with van der Waals surface area (Å²) in [6.07, 6.45) is 14.8. The number of hydrogen-bond donors (Lipinski definition) is 2. The minimum atomic E-state index is 0.523. The van der Waals surface area contributed by atoms with Crippen LogP contribution in [0.5, 0.6) is 0 Å². The smallest absolute Gasteiger partial charge is 0.112 e. The third-order valence-corrected chi connectivity index (χ3v) is 7.22. The van der Waals surface area contributed by atoms with Crippen LogP contribution in [0, 0.1) is 0 Å². The molecule has 2 heterocycles. The van der Waals surface area contributed by atoms with E-state index in [2.05, 4.69) is 60.2 Å². The van der Waals surface area contributed by atoms with Crippen LogP contribution in [0.3, 0.4) is 0 Å². The van der Waals surface area contributed by atoms with Gasteiger partial charge in [-0.1, -0.05) is 103 Å².